The zero-order valence-electron chi connectivity index (χ0n) is 9.52. The number of carboxylic acid groups (broad SMARTS) is 1. The van der Waals surface area contributed by atoms with Crippen LogP contribution in [0.15, 0.2) is 47.4 Å². The second-order valence-electron chi connectivity index (χ2n) is 3.70. The Balaban J connectivity index is 2.55. The number of pyridine rings is 1. The molecule has 0 bridgehead atoms. The number of hydrogen-bond acceptors (Lipinski definition) is 4. The molecule has 0 spiro atoms. The van der Waals surface area contributed by atoms with E-state index in [1.165, 1.54) is 41.1 Å². The van der Waals surface area contributed by atoms with E-state index in [0.717, 1.165) is 6.07 Å². The van der Waals surface area contributed by atoms with Crippen LogP contribution in [-0.4, -0.2) is 20.6 Å². The second kappa shape index (κ2) is 4.73. The van der Waals surface area contributed by atoms with Gasteiger partial charge < -0.3 is 9.67 Å². The molecule has 0 atom stereocenters. The van der Waals surface area contributed by atoms with E-state index < -0.39 is 16.3 Å². The van der Waals surface area contributed by atoms with E-state index in [-0.39, 0.29) is 11.4 Å². The fourth-order valence-corrected chi connectivity index (χ4v) is 1.61. The molecule has 2 rings (SSSR count). The van der Waals surface area contributed by atoms with Gasteiger partial charge in [-0.25, -0.2) is 4.79 Å². The maximum Gasteiger partial charge on any atom is 0.353 e. The molecule has 0 amide bonds. The summed E-state index contributed by atoms with van der Waals surface area (Å²) >= 11 is 0. The number of nitro groups is 1. The first-order valence-corrected chi connectivity index (χ1v) is 5.20. The van der Waals surface area contributed by atoms with Gasteiger partial charge in [-0.05, 0) is 12.1 Å². The Labute approximate surface area is 106 Å². The smallest absolute Gasteiger partial charge is 0.353 e. The third-order valence-corrected chi connectivity index (χ3v) is 2.48. The minimum Gasteiger partial charge on any atom is -0.477 e. The SMILES string of the molecule is O=C(O)c1cc(=O)ccn1-c1ccc([N+](=O)[O-])cc1. The van der Waals surface area contributed by atoms with Crippen LogP contribution in [0.2, 0.25) is 0 Å². The molecular weight excluding hydrogens is 252 g/mol. The highest BCUT2D eigenvalue weighted by Crippen LogP contribution is 2.16. The Morgan fingerprint density at radius 2 is 1.84 bits per heavy atom. The van der Waals surface area contributed by atoms with Gasteiger partial charge in [0.1, 0.15) is 5.69 Å². The molecule has 7 heteroatoms. The van der Waals surface area contributed by atoms with Crippen LogP contribution < -0.4 is 5.43 Å². The Morgan fingerprint density at radius 3 is 2.37 bits per heavy atom. The molecule has 0 radical (unpaired) electrons. The van der Waals surface area contributed by atoms with Gasteiger partial charge in [-0.2, -0.15) is 0 Å². The van der Waals surface area contributed by atoms with Gasteiger partial charge in [0, 0.05) is 36.1 Å². The standard InChI is InChI=1S/C12H8N2O5/c15-10-5-6-13(11(7-10)12(16)17)8-1-3-9(4-2-8)14(18)19/h1-7H,(H,16,17). The normalized spacial score (nSPS) is 10.1. The second-order valence-corrected chi connectivity index (χ2v) is 3.70. The van der Waals surface area contributed by atoms with Crippen LogP contribution in [0.1, 0.15) is 10.5 Å². The zero-order chi connectivity index (χ0) is 14.0. The maximum absolute atomic E-state index is 11.2. The third kappa shape index (κ3) is 2.49. The number of hydrogen-bond donors (Lipinski definition) is 1. The van der Waals surface area contributed by atoms with Gasteiger partial charge in [-0.15, -0.1) is 0 Å². The molecule has 0 unspecified atom stereocenters. The number of aromatic nitrogens is 1. The van der Waals surface area contributed by atoms with Crippen molar-refractivity contribution in [2.75, 3.05) is 0 Å². The summed E-state index contributed by atoms with van der Waals surface area (Å²) in [5, 5.41) is 19.6. The summed E-state index contributed by atoms with van der Waals surface area (Å²) in [5.41, 5.74) is -0.304. The van der Waals surface area contributed by atoms with E-state index in [1.54, 1.807) is 0 Å². The number of non-ortho nitro benzene ring substituents is 1. The Morgan fingerprint density at radius 1 is 1.21 bits per heavy atom. The monoisotopic (exact) mass is 260 g/mol. The van der Waals surface area contributed by atoms with E-state index in [2.05, 4.69) is 0 Å². The predicted octanol–water partition coefficient (Wildman–Crippen LogP) is 1.44. The van der Waals surface area contributed by atoms with Crippen LogP contribution in [-0.2, 0) is 0 Å². The molecule has 1 N–H and O–H groups in total. The quantitative estimate of drug-likeness (QED) is 0.664. The summed E-state index contributed by atoms with van der Waals surface area (Å²) in [4.78, 5) is 32.2. The highest BCUT2D eigenvalue weighted by molar-refractivity contribution is 5.86. The molecule has 7 nitrogen and oxygen atoms in total. The molecule has 0 aliphatic carbocycles. The highest BCUT2D eigenvalue weighted by Gasteiger charge is 2.11. The summed E-state index contributed by atoms with van der Waals surface area (Å²) in [5.74, 6) is -1.25. The van der Waals surface area contributed by atoms with Crippen molar-refractivity contribution in [3.05, 3.63) is 68.6 Å². The zero-order valence-corrected chi connectivity index (χ0v) is 9.52. The van der Waals surface area contributed by atoms with Gasteiger partial charge in [0.15, 0.2) is 5.43 Å². The van der Waals surface area contributed by atoms with Gasteiger partial charge >= 0.3 is 5.97 Å². The van der Waals surface area contributed by atoms with Gasteiger partial charge in [0.25, 0.3) is 5.69 Å². The molecule has 1 heterocycles. The molecule has 1 aromatic heterocycles. The molecule has 1 aromatic carbocycles. The summed E-state index contributed by atoms with van der Waals surface area (Å²) in [6.07, 6.45) is 1.31. The number of carboxylic acids is 1. The van der Waals surface area contributed by atoms with Crippen molar-refractivity contribution in [2.45, 2.75) is 0 Å². The van der Waals surface area contributed by atoms with Crippen LogP contribution in [0.3, 0.4) is 0 Å². The van der Waals surface area contributed by atoms with E-state index in [4.69, 9.17) is 5.11 Å². The molecule has 0 saturated heterocycles. The maximum atomic E-state index is 11.2. The van der Waals surface area contributed by atoms with Crippen LogP contribution in [0.5, 0.6) is 0 Å². The third-order valence-electron chi connectivity index (χ3n) is 2.48. The van der Waals surface area contributed by atoms with Gasteiger partial charge in [-0.3, -0.25) is 14.9 Å². The first kappa shape index (κ1) is 12.5. The Bertz CT molecular complexity index is 703. The fraction of sp³-hybridized carbons (Fsp3) is 0. The van der Waals surface area contributed by atoms with Crippen molar-refractivity contribution < 1.29 is 14.8 Å². The van der Waals surface area contributed by atoms with Crippen molar-refractivity contribution in [1.29, 1.82) is 0 Å². The lowest BCUT2D eigenvalue weighted by molar-refractivity contribution is -0.384. The number of carbonyl (C=O) groups is 1. The summed E-state index contributed by atoms with van der Waals surface area (Å²) in [7, 11) is 0. The van der Waals surface area contributed by atoms with Gasteiger partial charge in [0.05, 0.1) is 4.92 Å². The van der Waals surface area contributed by atoms with Gasteiger partial charge in [0.2, 0.25) is 0 Å². The van der Waals surface area contributed by atoms with Crippen molar-refractivity contribution in [3.63, 3.8) is 0 Å². The molecule has 0 fully saturated rings. The fourth-order valence-electron chi connectivity index (χ4n) is 1.61. The van der Waals surface area contributed by atoms with Crippen LogP contribution in [0.4, 0.5) is 5.69 Å². The Kier molecular flexibility index (Phi) is 3.11. The largest absolute Gasteiger partial charge is 0.477 e. The molecule has 96 valence electrons. The summed E-state index contributed by atoms with van der Waals surface area (Å²) in [6.45, 7) is 0. The number of aromatic carboxylic acids is 1. The van der Waals surface area contributed by atoms with Crippen molar-refractivity contribution in [1.82, 2.24) is 4.57 Å². The predicted molar refractivity (Wildman–Crippen MR) is 65.7 cm³/mol. The molecule has 0 aliphatic heterocycles. The lowest BCUT2D eigenvalue weighted by atomic mass is 10.2. The van der Waals surface area contributed by atoms with E-state index in [9.17, 15) is 19.7 Å². The number of nitro benzene ring substituents is 1. The van der Waals surface area contributed by atoms with Crippen molar-refractivity contribution in [2.24, 2.45) is 0 Å². The highest BCUT2D eigenvalue weighted by atomic mass is 16.6. The summed E-state index contributed by atoms with van der Waals surface area (Å²) < 4.78 is 1.27. The first-order valence-electron chi connectivity index (χ1n) is 5.20. The van der Waals surface area contributed by atoms with Crippen LogP contribution in [0, 0.1) is 10.1 Å². The number of benzene rings is 1. The van der Waals surface area contributed by atoms with Crippen LogP contribution in [0.25, 0.3) is 5.69 Å². The lowest BCUT2D eigenvalue weighted by Gasteiger charge is -2.09. The molecule has 0 saturated carbocycles. The molecular formula is C12H8N2O5. The lowest BCUT2D eigenvalue weighted by Crippen LogP contribution is -2.14. The Hall–Kier alpha value is -2.96. The van der Waals surface area contributed by atoms with Gasteiger partial charge in [-0.1, -0.05) is 0 Å². The minimum absolute atomic E-state index is 0.0957. The molecule has 19 heavy (non-hydrogen) atoms. The van der Waals surface area contributed by atoms with E-state index in [1.807, 2.05) is 0 Å². The topological polar surface area (TPSA) is 102 Å². The van der Waals surface area contributed by atoms with Crippen LogP contribution >= 0.6 is 0 Å². The molecule has 0 aliphatic rings. The first-order chi connectivity index (χ1) is 8.99. The van der Waals surface area contributed by atoms with E-state index in [0.29, 0.717) is 5.69 Å². The number of rotatable bonds is 3. The van der Waals surface area contributed by atoms with E-state index >= 15 is 0 Å². The minimum atomic E-state index is -1.25. The average molecular weight is 260 g/mol. The van der Waals surface area contributed by atoms with Crippen molar-refractivity contribution >= 4 is 11.7 Å². The summed E-state index contributed by atoms with van der Waals surface area (Å²) in [6, 6.07) is 7.56. The number of nitrogens with zero attached hydrogens (tertiary/aromatic N) is 2. The van der Waals surface area contributed by atoms with Crippen molar-refractivity contribution in [3.8, 4) is 5.69 Å². The molecule has 2 aromatic rings. The average Bonchev–Trinajstić information content (AvgIpc) is 2.38.